The van der Waals surface area contributed by atoms with Gasteiger partial charge in [-0.1, -0.05) is 6.58 Å². The number of amides is 1. The average Bonchev–Trinajstić information content (AvgIpc) is 2.62. The summed E-state index contributed by atoms with van der Waals surface area (Å²) in [6.45, 7) is 5.79. The Morgan fingerprint density at radius 2 is 2.41 bits per heavy atom. The van der Waals surface area contributed by atoms with E-state index >= 15 is 0 Å². The summed E-state index contributed by atoms with van der Waals surface area (Å²) in [5.41, 5.74) is 2.73. The van der Waals surface area contributed by atoms with E-state index in [2.05, 4.69) is 22.0 Å². The molecule has 0 radical (unpaired) electrons. The number of aromatic nitrogens is 3. The minimum atomic E-state index is -0.187. The zero-order valence-electron chi connectivity index (χ0n) is 9.90. The molecule has 2 heterocycles. The van der Waals surface area contributed by atoms with Crippen molar-refractivity contribution in [3.8, 4) is 0 Å². The highest BCUT2D eigenvalue weighted by Crippen LogP contribution is 2.16. The summed E-state index contributed by atoms with van der Waals surface area (Å²) < 4.78 is 1.75. The standard InChI is InChI=1S/C12H14N4O/c1-4-11(17)13-6-9-5-10-8(2)15-16(3)12(10)14-7-9/h4-5,7H,1,6H2,2-3H3,(H,13,17). The molecule has 0 aromatic carbocycles. The Labute approximate surface area is 99.2 Å². The first kappa shape index (κ1) is 11.3. The maximum absolute atomic E-state index is 11.1. The maximum atomic E-state index is 11.1. The van der Waals surface area contributed by atoms with Crippen LogP contribution in [0.4, 0.5) is 0 Å². The lowest BCUT2D eigenvalue weighted by atomic mass is 10.2. The van der Waals surface area contributed by atoms with Crippen molar-refractivity contribution in [2.45, 2.75) is 13.5 Å². The van der Waals surface area contributed by atoms with Crippen LogP contribution in [-0.2, 0) is 18.4 Å². The minimum Gasteiger partial charge on any atom is -0.348 e. The molecule has 2 aromatic heterocycles. The van der Waals surface area contributed by atoms with Gasteiger partial charge in [0.25, 0.3) is 0 Å². The number of hydrogen-bond donors (Lipinski definition) is 1. The molecular formula is C12H14N4O. The van der Waals surface area contributed by atoms with Gasteiger partial charge in [0.05, 0.1) is 5.69 Å². The van der Waals surface area contributed by atoms with Crippen molar-refractivity contribution in [3.05, 3.63) is 36.2 Å². The number of nitrogens with one attached hydrogen (secondary N) is 1. The highest BCUT2D eigenvalue weighted by Gasteiger charge is 2.07. The van der Waals surface area contributed by atoms with Gasteiger partial charge in [-0.2, -0.15) is 5.10 Å². The normalized spacial score (nSPS) is 10.5. The number of nitrogens with zero attached hydrogens (tertiary/aromatic N) is 3. The first-order valence-electron chi connectivity index (χ1n) is 5.30. The highest BCUT2D eigenvalue weighted by atomic mass is 16.1. The number of carbonyl (C=O) groups excluding carboxylic acids is 1. The zero-order valence-corrected chi connectivity index (χ0v) is 9.90. The number of pyridine rings is 1. The molecule has 0 bridgehead atoms. The largest absolute Gasteiger partial charge is 0.348 e. The van der Waals surface area contributed by atoms with Gasteiger partial charge in [-0.3, -0.25) is 9.48 Å². The third-order valence-corrected chi connectivity index (χ3v) is 2.57. The van der Waals surface area contributed by atoms with Crippen LogP contribution in [0.25, 0.3) is 11.0 Å². The molecule has 0 saturated carbocycles. The molecule has 1 N–H and O–H groups in total. The Hall–Kier alpha value is -2.17. The number of fused-ring (bicyclic) bond motifs is 1. The van der Waals surface area contributed by atoms with Crippen LogP contribution in [-0.4, -0.2) is 20.7 Å². The Morgan fingerprint density at radius 3 is 3.12 bits per heavy atom. The van der Waals surface area contributed by atoms with Gasteiger partial charge in [-0.15, -0.1) is 0 Å². The highest BCUT2D eigenvalue weighted by molar-refractivity contribution is 5.86. The fraction of sp³-hybridized carbons (Fsp3) is 0.250. The summed E-state index contributed by atoms with van der Waals surface area (Å²) in [6.07, 6.45) is 2.99. The fourth-order valence-electron chi connectivity index (χ4n) is 1.71. The van der Waals surface area contributed by atoms with Crippen molar-refractivity contribution in [1.82, 2.24) is 20.1 Å². The second-order valence-electron chi connectivity index (χ2n) is 3.85. The summed E-state index contributed by atoms with van der Waals surface area (Å²) in [7, 11) is 1.86. The van der Waals surface area contributed by atoms with Crippen LogP contribution < -0.4 is 5.32 Å². The Balaban J connectivity index is 2.28. The van der Waals surface area contributed by atoms with Gasteiger partial charge in [-0.25, -0.2) is 4.98 Å². The second kappa shape index (κ2) is 4.37. The SMILES string of the molecule is C=CC(=O)NCc1cnc2c(c1)c(C)nn2C. The second-order valence-corrected chi connectivity index (χ2v) is 3.85. The molecule has 5 nitrogen and oxygen atoms in total. The molecule has 0 aliphatic rings. The number of aryl methyl sites for hydroxylation is 2. The lowest BCUT2D eigenvalue weighted by Crippen LogP contribution is -2.19. The van der Waals surface area contributed by atoms with E-state index < -0.39 is 0 Å². The quantitative estimate of drug-likeness (QED) is 0.803. The summed E-state index contributed by atoms with van der Waals surface area (Å²) in [5, 5.41) is 8.02. The fourth-order valence-corrected chi connectivity index (χ4v) is 1.71. The predicted molar refractivity (Wildman–Crippen MR) is 65.3 cm³/mol. The molecule has 0 aliphatic heterocycles. The maximum Gasteiger partial charge on any atom is 0.243 e. The van der Waals surface area contributed by atoms with E-state index in [0.29, 0.717) is 6.54 Å². The molecule has 0 saturated heterocycles. The Morgan fingerprint density at radius 1 is 1.65 bits per heavy atom. The molecule has 0 fully saturated rings. The third-order valence-electron chi connectivity index (χ3n) is 2.57. The van der Waals surface area contributed by atoms with Gasteiger partial charge < -0.3 is 5.32 Å². The molecule has 0 spiro atoms. The van der Waals surface area contributed by atoms with Crippen LogP contribution in [0.15, 0.2) is 24.9 Å². The van der Waals surface area contributed by atoms with Crippen LogP contribution in [0.5, 0.6) is 0 Å². The van der Waals surface area contributed by atoms with Crippen LogP contribution in [0, 0.1) is 6.92 Å². The lowest BCUT2D eigenvalue weighted by Gasteiger charge is -2.02. The average molecular weight is 230 g/mol. The van der Waals surface area contributed by atoms with Crippen LogP contribution in [0.2, 0.25) is 0 Å². The predicted octanol–water partition coefficient (Wildman–Crippen LogP) is 1.08. The van der Waals surface area contributed by atoms with E-state index in [1.807, 2.05) is 20.0 Å². The van der Waals surface area contributed by atoms with Gasteiger partial charge in [0, 0.05) is 25.2 Å². The molecule has 0 aliphatic carbocycles. The summed E-state index contributed by atoms with van der Waals surface area (Å²) in [5.74, 6) is -0.187. The van der Waals surface area contributed by atoms with Crippen molar-refractivity contribution in [1.29, 1.82) is 0 Å². The molecule has 0 unspecified atom stereocenters. The topological polar surface area (TPSA) is 59.8 Å². The smallest absolute Gasteiger partial charge is 0.243 e. The van der Waals surface area contributed by atoms with Crippen molar-refractivity contribution < 1.29 is 4.79 Å². The van der Waals surface area contributed by atoms with Crippen LogP contribution in [0.3, 0.4) is 0 Å². The van der Waals surface area contributed by atoms with Gasteiger partial charge in [0.1, 0.15) is 0 Å². The summed E-state index contributed by atoms with van der Waals surface area (Å²) >= 11 is 0. The Bertz CT molecular complexity index is 585. The van der Waals surface area contributed by atoms with Crippen molar-refractivity contribution in [2.24, 2.45) is 7.05 Å². The molecule has 2 aromatic rings. The number of rotatable bonds is 3. The first-order valence-corrected chi connectivity index (χ1v) is 5.30. The van der Waals surface area contributed by atoms with E-state index in [9.17, 15) is 4.79 Å². The van der Waals surface area contributed by atoms with E-state index in [-0.39, 0.29) is 5.91 Å². The van der Waals surface area contributed by atoms with Crippen LogP contribution in [0.1, 0.15) is 11.3 Å². The third kappa shape index (κ3) is 2.18. The van der Waals surface area contributed by atoms with Gasteiger partial charge in [0.15, 0.2) is 5.65 Å². The summed E-state index contributed by atoms with van der Waals surface area (Å²) in [6, 6.07) is 1.99. The summed E-state index contributed by atoms with van der Waals surface area (Å²) in [4.78, 5) is 15.4. The van der Waals surface area contributed by atoms with E-state index in [1.54, 1.807) is 10.9 Å². The van der Waals surface area contributed by atoms with E-state index in [4.69, 9.17) is 0 Å². The monoisotopic (exact) mass is 230 g/mol. The number of carbonyl (C=O) groups is 1. The molecule has 0 atom stereocenters. The van der Waals surface area contributed by atoms with Crippen LogP contribution >= 0.6 is 0 Å². The number of hydrogen-bond acceptors (Lipinski definition) is 3. The molecule has 88 valence electrons. The van der Waals surface area contributed by atoms with E-state index in [0.717, 1.165) is 22.3 Å². The molecule has 17 heavy (non-hydrogen) atoms. The van der Waals surface area contributed by atoms with Crippen molar-refractivity contribution in [3.63, 3.8) is 0 Å². The minimum absolute atomic E-state index is 0.187. The molecule has 1 amide bonds. The van der Waals surface area contributed by atoms with Gasteiger partial charge in [0.2, 0.25) is 5.91 Å². The Kier molecular flexibility index (Phi) is 2.91. The first-order chi connectivity index (χ1) is 8.11. The van der Waals surface area contributed by atoms with Crippen molar-refractivity contribution >= 4 is 16.9 Å². The molecular weight excluding hydrogens is 216 g/mol. The van der Waals surface area contributed by atoms with Gasteiger partial charge >= 0.3 is 0 Å². The van der Waals surface area contributed by atoms with E-state index in [1.165, 1.54) is 6.08 Å². The lowest BCUT2D eigenvalue weighted by molar-refractivity contribution is -0.116. The molecule has 5 heteroatoms. The zero-order chi connectivity index (χ0) is 12.4. The molecule has 2 rings (SSSR count). The van der Waals surface area contributed by atoms with Gasteiger partial charge in [-0.05, 0) is 24.6 Å². The van der Waals surface area contributed by atoms with Crippen molar-refractivity contribution in [2.75, 3.05) is 0 Å².